The maximum Gasteiger partial charge on any atom is 0.121 e. The molecular weight excluding hydrogens is 276 g/mol. The van der Waals surface area contributed by atoms with Crippen molar-refractivity contribution in [3.63, 3.8) is 0 Å². The van der Waals surface area contributed by atoms with Crippen LogP contribution >= 0.6 is 11.6 Å². The Bertz CT molecular complexity index is 558. The van der Waals surface area contributed by atoms with E-state index in [1.165, 1.54) is 0 Å². The van der Waals surface area contributed by atoms with Gasteiger partial charge in [-0.1, -0.05) is 17.7 Å². The van der Waals surface area contributed by atoms with Crippen molar-refractivity contribution < 1.29 is 4.74 Å². The van der Waals surface area contributed by atoms with Gasteiger partial charge in [-0.2, -0.15) is 0 Å². The van der Waals surface area contributed by atoms with E-state index in [-0.39, 0.29) is 12.1 Å². The SMILES string of the molecule is CC(Oc1cccc(Cl)c1)C(Cc1nccn1C)NN. The van der Waals surface area contributed by atoms with Crippen molar-refractivity contribution in [2.24, 2.45) is 12.9 Å². The van der Waals surface area contributed by atoms with Crippen LogP contribution in [-0.2, 0) is 13.5 Å². The standard InChI is InChI=1S/C14H19ClN4O/c1-10(20-12-5-3-4-11(15)8-12)13(18-16)9-14-17-6-7-19(14)2/h3-8,10,13,18H,9,16H2,1-2H3. The maximum atomic E-state index is 5.94. The van der Waals surface area contributed by atoms with Crippen LogP contribution in [0.1, 0.15) is 12.7 Å². The summed E-state index contributed by atoms with van der Waals surface area (Å²) in [7, 11) is 1.96. The average Bonchev–Trinajstić information content (AvgIpc) is 2.81. The van der Waals surface area contributed by atoms with Gasteiger partial charge in [-0.25, -0.2) is 4.98 Å². The second kappa shape index (κ2) is 6.74. The number of benzene rings is 1. The molecule has 0 amide bonds. The molecule has 108 valence electrons. The van der Waals surface area contributed by atoms with E-state index in [1.807, 2.05) is 42.9 Å². The number of rotatable bonds is 6. The Hall–Kier alpha value is -1.56. The van der Waals surface area contributed by atoms with Gasteiger partial charge >= 0.3 is 0 Å². The van der Waals surface area contributed by atoms with Crippen LogP contribution in [0.15, 0.2) is 36.7 Å². The Morgan fingerprint density at radius 1 is 1.50 bits per heavy atom. The van der Waals surface area contributed by atoms with E-state index in [0.717, 1.165) is 11.6 Å². The van der Waals surface area contributed by atoms with Crippen molar-refractivity contribution in [1.29, 1.82) is 0 Å². The minimum absolute atomic E-state index is 0.0462. The van der Waals surface area contributed by atoms with Gasteiger partial charge in [-0.15, -0.1) is 0 Å². The summed E-state index contributed by atoms with van der Waals surface area (Å²) < 4.78 is 7.84. The van der Waals surface area contributed by atoms with Crippen LogP contribution in [0, 0.1) is 0 Å². The molecule has 1 aromatic heterocycles. The van der Waals surface area contributed by atoms with Gasteiger partial charge in [0.2, 0.25) is 0 Å². The molecular formula is C14H19ClN4O. The smallest absolute Gasteiger partial charge is 0.121 e. The van der Waals surface area contributed by atoms with Crippen molar-refractivity contribution in [2.45, 2.75) is 25.5 Å². The van der Waals surface area contributed by atoms with E-state index in [2.05, 4.69) is 10.4 Å². The lowest BCUT2D eigenvalue weighted by atomic mass is 10.1. The average molecular weight is 295 g/mol. The number of hydrogen-bond acceptors (Lipinski definition) is 4. The first-order valence-electron chi connectivity index (χ1n) is 6.44. The molecule has 20 heavy (non-hydrogen) atoms. The first-order chi connectivity index (χ1) is 9.60. The van der Waals surface area contributed by atoms with E-state index >= 15 is 0 Å². The van der Waals surface area contributed by atoms with Gasteiger partial charge in [0.05, 0.1) is 6.04 Å². The van der Waals surface area contributed by atoms with Crippen LogP contribution < -0.4 is 16.0 Å². The van der Waals surface area contributed by atoms with Gasteiger partial charge in [-0.05, 0) is 25.1 Å². The number of aromatic nitrogens is 2. The molecule has 0 fully saturated rings. The zero-order chi connectivity index (χ0) is 14.5. The van der Waals surface area contributed by atoms with Gasteiger partial charge in [0.15, 0.2) is 0 Å². The number of hydrogen-bond donors (Lipinski definition) is 2. The quantitative estimate of drug-likeness (QED) is 0.631. The van der Waals surface area contributed by atoms with E-state index in [1.54, 1.807) is 12.3 Å². The number of ether oxygens (including phenoxy) is 1. The molecule has 5 nitrogen and oxygen atoms in total. The Morgan fingerprint density at radius 2 is 2.30 bits per heavy atom. The van der Waals surface area contributed by atoms with E-state index in [4.69, 9.17) is 22.2 Å². The molecule has 0 aliphatic heterocycles. The van der Waals surface area contributed by atoms with Crippen molar-refractivity contribution in [1.82, 2.24) is 15.0 Å². The van der Waals surface area contributed by atoms with Gasteiger partial charge in [0.25, 0.3) is 0 Å². The van der Waals surface area contributed by atoms with Crippen LogP contribution in [-0.4, -0.2) is 21.7 Å². The van der Waals surface area contributed by atoms with Crippen LogP contribution in [0.25, 0.3) is 0 Å². The predicted molar refractivity (Wildman–Crippen MR) is 79.6 cm³/mol. The third kappa shape index (κ3) is 3.72. The van der Waals surface area contributed by atoms with Crippen molar-refractivity contribution in [2.75, 3.05) is 0 Å². The number of imidazole rings is 1. The predicted octanol–water partition coefficient (Wildman–Crippen LogP) is 1.92. The highest BCUT2D eigenvalue weighted by atomic mass is 35.5. The van der Waals surface area contributed by atoms with Crippen molar-refractivity contribution in [3.8, 4) is 5.75 Å². The normalized spacial score (nSPS) is 14.0. The lowest BCUT2D eigenvalue weighted by Gasteiger charge is -2.24. The number of nitrogens with one attached hydrogen (secondary N) is 1. The molecule has 2 unspecified atom stereocenters. The summed E-state index contributed by atoms with van der Waals surface area (Å²) in [5.41, 5.74) is 2.79. The summed E-state index contributed by atoms with van der Waals surface area (Å²) in [4.78, 5) is 4.30. The molecule has 1 heterocycles. The number of nitrogens with zero attached hydrogens (tertiary/aromatic N) is 2. The Kier molecular flexibility index (Phi) is 5.00. The molecule has 0 saturated carbocycles. The molecule has 3 N–H and O–H groups in total. The summed E-state index contributed by atoms with van der Waals surface area (Å²) in [6.45, 7) is 1.97. The molecule has 0 aliphatic rings. The van der Waals surface area contributed by atoms with Gasteiger partial charge in [0, 0.05) is 30.9 Å². The van der Waals surface area contributed by atoms with E-state index in [9.17, 15) is 0 Å². The van der Waals surface area contributed by atoms with Crippen molar-refractivity contribution >= 4 is 11.6 Å². The molecule has 6 heteroatoms. The molecule has 0 saturated heterocycles. The minimum Gasteiger partial charge on any atom is -0.489 e. The summed E-state index contributed by atoms with van der Waals surface area (Å²) in [5, 5.41) is 0.649. The highest BCUT2D eigenvalue weighted by molar-refractivity contribution is 6.30. The zero-order valence-electron chi connectivity index (χ0n) is 11.6. The Morgan fingerprint density at radius 3 is 2.90 bits per heavy atom. The first-order valence-corrected chi connectivity index (χ1v) is 6.82. The lowest BCUT2D eigenvalue weighted by Crippen LogP contribution is -2.47. The van der Waals surface area contributed by atoms with Gasteiger partial charge in [0.1, 0.15) is 17.7 Å². The number of aryl methyl sites for hydroxylation is 1. The fraction of sp³-hybridized carbons (Fsp3) is 0.357. The first kappa shape index (κ1) is 14.8. The van der Waals surface area contributed by atoms with Gasteiger partial charge in [-0.3, -0.25) is 11.3 Å². The fourth-order valence-corrected chi connectivity index (χ4v) is 2.17. The lowest BCUT2D eigenvalue weighted by molar-refractivity contribution is 0.168. The summed E-state index contributed by atoms with van der Waals surface area (Å²) in [6.07, 6.45) is 4.24. The third-order valence-electron chi connectivity index (χ3n) is 3.22. The molecule has 1 aromatic carbocycles. The van der Waals surface area contributed by atoms with Crippen LogP contribution in [0.2, 0.25) is 5.02 Å². The van der Waals surface area contributed by atoms with E-state index in [0.29, 0.717) is 11.4 Å². The molecule has 0 spiro atoms. The largest absolute Gasteiger partial charge is 0.489 e. The third-order valence-corrected chi connectivity index (χ3v) is 3.46. The molecule has 2 atom stereocenters. The summed E-state index contributed by atoms with van der Waals surface area (Å²) in [5.74, 6) is 7.31. The van der Waals surface area contributed by atoms with E-state index < -0.39 is 0 Å². The number of nitrogens with two attached hydrogens (primary N) is 1. The zero-order valence-corrected chi connectivity index (χ0v) is 12.3. The van der Waals surface area contributed by atoms with Crippen molar-refractivity contribution in [3.05, 3.63) is 47.5 Å². The summed E-state index contributed by atoms with van der Waals surface area (Å²) in [6, 6.07) is 7.28. The highest BCUT2D eigenvalue weighted by Gasteiger charge is 2.20. The van der Waals surface area contributed by atoms with Crippen LogP contribution in [0.4, 0.5) is 0 Å². The second-order valence-electron chi connectivity index (χ2n) is 4.71. The Labute approximate surface area is 123 Å². The fourth-order valence-electron chi connectivity index (χ4n) is 1.99. The Balaban J connectivity index is 2.02. The van der Waals surface area contributed by atoms with Gasteiger partial charge < -0.3 is 9.30 Å². The molecule has 0 bridgehead atoms. The molecule has 2 rings (SSSR count). The number of halogens is 1. The monoisotopic (exact) mass is 294 g/mol. The molecule has 2 aromatic rings. The number of hydrazine groups is 1. The maximum absolute atomic E-state index is 5.94. The minimum atomic E-state index is -0.116. The molecule has 0 aliphatic carbocycles. The second-order valence-corrected chi connectivity index (χ2v) is 5.15. The highest BCUT2D eigenvalue weighted by Crippen LogP contribution is 2.19. The topological polar surface area (TPSA) is 65.1 Å². The van der Waals surface area contributed by atoms with Crippen LogP contribution in [0.5, 0.6) is 5.75 Å². The summed E-state index contributed by atoms with van der Waals surface area (Å²) >= 11 is 5.94. The van der Waals surface area contributed by atoms with Crippen LogP contribution in [0.3, 0.4) is 0 Å². The molecule has 0 radical (unpaired) electrons.